The molecule has 0 aliphatic heterocycles. The Morgan fingerprint density at radius 3 is 2.53 bits per heavy atom. The van der Waals surface area contributed by atoms with Crippen LogP contribution in [0.15, 0.2) is 67.1 Å². The number of benzene rings is 2. The van der Waals surface area contributed by atoms with Gasteiger partial charge in [0.2, 0.25) is 5.91 Å². The SMILES string of the molecule is CNC(=O)CNC(=O)c1cccc(C2(NC(=O)c3cncc4c3cnn4-c3ccc(F)cc3)CC2)c1. The third-order valence-electron chi connectivity index (χ3n) is 6.28. The molecule has 1 fully saturated rings. The lowest BCUT2D eigenvalue weighted by Crippen LogP contribution is -2.36. The average molecular weight is 487 g/mol. The topological polar surface area (TPSA) is 118 Å². The van der Waals surface area contributed by atoms with Crippen LogP contribution in [0.2, 0.25) is 0 Å². The second-order valence-corrected chi connectivity index (χ2v) is 8.63. The van der Waals surface area contributed by atoms with Crippen molar-refractivity contribution >= 4 is 28.6 Å². The number of halogens is 1. The molecular weight excluding hydrogens is 463 g/mol. The molecule has 0 atom stereocenters. The van der Waals surface area contributed by atoms with E-state index in [0.29, 0.717) is 27.7 Å². The second kappa shape index (κ2) is 9.21. The van der Waals surface area contributed by atoms with E-state index >= 15 is 0 Å². The average Bonchev–Trinajstić information content (AvgIpc) is 3.56. The molecule has 9 nitrogen and oxygen atoms in total. The third-order valence-corrected chi connectivity index (χ3v) is 6.28. The molecule has 182 valence electrons. The molecule has 2 aromatic carbocycles. The number of fused-ring (bicyclic) bond motifs is 1. The summed E-state index contributed by atoms with van der Waals surface area (Å²) < 4.78 is 14.9. The van der Waals surface area contributed by atoms with Crippen LogP contribution in [0.25, 0.3) is 16.6 Å². The number of likely N-dealkylation sites (N-methyl/N-ethyl adjacent to an activating group) is 1. The summed E-state index contributed by atoms with van der Waals surface area (Å²) in [5, 5.41) is 13.1. The molecule has 5 rings (SSSR count). The molecule has 1 saturated carbocycles. The molecule has 0 radical (unpaired) electrons. The first-order valence-corrected chi connectivity index (χ1v) is 11.4. The maximum absolute atomic E-state index is 13.3. The first-order valence-electron chi connectivity index (χ1n) is 11.4. The molecule has 10 heteroatoms. The molecule has 1 aliphatic rings. The fraction of sp³-hybridized carbons (Fsp3) is 0.192. The molecule has 3 amide bonds. The molecule has 0 spiro atoms. The summed E-state index contributed by atoms with van der Waals surface area (Å²) >= 11 is 0. The van der Waals surface area contributed by atoms with Crippen molar-refractivity contribution in [1.29, 1.82) is 0 Å². The third kappa shape index (κ3) is 4.40. The summed E-state index contributed by atoms with van der Waals surface area (Å²) in [4.78, 5) is 41.5. The molecule has 2 heterocycles. The number of rotatable bonds is 7. The summed E-state index contributed by atoms with van der Waals surface area (Å²) in [7, 11) is 1.50. The molecule has 2 aromatic heterocycles. The van der Waals surface area contributed by atoms with Crippen molar-refractivity contribution in [3.05, 3.63) is 89.6 Å². The summed E-state index contributed by atoms with van der Waals surface area (Å²) in [5.41, 5.74) is 2.26. The highest BCUT2D eigenvalue weighted by Crippen LogP contribution is 2.46. The molecule has 0 bridgehead atoms. The zero-order valence-electron chi connectivity index (χ0n) is 19.4. The fourth-order valence-corrected chi connectivity index (χ4v) is 4.12. The van der Waals surface area contributed by atoms with E-state index in [4.69, 9.17) is 0 Å². The number of hydrogen-bond donors (Lipinski definition) is 3. The zero-order chi connectivity index (χ0) is 25.3. The highest BCUT2D eigenvalue weighted by Gasteiger charge is 2.46. The summed E-state index contributed by atoms with van der Waals surface area (Å²) in [5.74, 6) is -1.32. The molecule has 1 aliphatic carbocycles. The van der Waals surface area contributed by atoms with Gasteiger partial charge in [-0.15, -0.1) is 0 Å². The second-order valence-electron chi connectivity index (χ2n) is 8.63. The first kappa shape index (κ1) is 23.2. The van der Waals surface area contributed by atoms with Gasteiger partial charge in [-0.2, -0.15) is 5.10 Å². The highest BCUT2D eigenvalue weighted by atomic mass is 19.1. The minimum Gasteiger partial charge on any atom is -0.358 e. The Morgan fingerprint density at radius 1 is 1.03 bits per heavy atom. The summed E-state index contributed by atoms with van der Waals surface area (Å²) in [6.07, 6.45) is 6.14. The van der Waals surface area contributed by atoms with Crippen LogP contribution >= 0.6 is 0 Å². The van der Waals surface area contributed by atoms with Crippen LogP contribution in [0.4, 0.5) is 4.39 Å². The Balaban J connectivity index is 1.38. The van der Waals surface area contributed by atoms with Gasteiger partial charge in [0.05, 0.1) is 41.2 Å². The lowest BCUT2D eigenvalue weighted by molar-refractivity contribution is -0.119. The molecule has 3 N–H and O–H groups in total. The van der Waals surface area contributed by atoms with Crippen LogP contribution in [-0.2, 0) is 10.3 Å². The molecule has 0 saturated heterocycles. The number of nitrogens with one attached hydrogen (secondary N) is 3. The van der Waals surface area contributed by atoms with Gasteiger partial charge in [-0.25, -0.2) is 9.07 Å². The van der Waals surface area contributed by atoms with Gasteiger partial charge in [0.1, 0.15) is 5.82 Å². The Bertz CT molecular complexity index is 1480. The number of pyridine rings is 1. The van der Waals surface area contributed by atoms with Gasteiger partial charge < -0.3 is 16.0 Å². The van der Waals surface area contributed by atoms with Crippen molar-refractivity contribution in [2.24, 2.45) is 0 Å². The fourth-order valence-electron chi connectivity index (χ4n) is 4.12. The van der Waals surface area contributed by atoms with Crippen LogP contribution in [-0.4, -0.2) is 46.1 Å². The molecule has 4 aromatic rings. The van der Waals surface area contributed by atoms with Crippen molar-refractivity contribution in [2.75, 3.05) is 13.6 Å². The van der Waals surface area contributed by atoms with E-state index < -0.39 is 5.54 Å². The van der Waals surface area contributed by atoms with Crippen LogP contribution in [0.3, 0.4) is 0 Å². The largest absolute Gasteiger partial charge is 0.358 e. The van der Waals surface area contributed by atoms with Crippen molar-refractivity contribution in [3.63, 3.8) is 0 Å². The predicted molar refractivity (Wildman–Crippen MR) is 130 cm³/mol. The van der Waals surface area contributed by atoms with Crippen molar-refractivity contribution in [1.82, 2.24) is 30.7 Å². The van der Waals surface area contributed by atoms with Gasteiger partial charge in [-0.1, -0.05) is 12.1 Å². The Labute approximate surface area is 205 Å². The van der Waals surface area contributed by atoms with E-state index in [2.05, 4.69) is 26.0 Å². The van der Waals surface area contributed by atoms with Crippen LogP contribution in [0, 0.1) is 5.82 Å². The first-order chi connectivity index (χ1) is 17.4. The van der Waals surface area contributed by atoms with E-state index in [-0.39, 0.29) is 30.1 Å². The number of carbonyl (C=O) groups excluding carboxylic acids is 3. The van der Waals surface area contributed by atoms with Crippen LogP contribution < -0.4 is 16.0 Å². The summed E-state index contributed by atoms with van der Waals surface area (Å²) in [6.45, 7) is -0.121. The molecule has 36 heavy (non-hydrogen) atoms. The number of hydrogen-bond acceptors (Lipinski definition) is 5. The zero-order valence-corrected chi connectivity index (χ0v) is 19.4. The van der Waals surface area contributed by atoms with E-state index in [0.717, 1.165) is 18.4 Å². The predicted octanol–water partition coefficient (Wildman–Crippen LogP) is 2.45. The summed E-state index contributed by atoms with van der Waals surface area (Å²) in [6, 6.07) is 12.9. The van der Waals surface area contributed by atoms with Crippen molar-refractivity contribution in [3.8, 4) is 5.69 Å². The van der Waals surface area contributed by atoms with Crippen molar-refractivity contribution < 1.29 is 18.8 Å². The van der Waals surface area contributed by atoms with E-state index in [9.17, 15) is 18.8 Å². The Kier molecular flexibility index (Phi) is 5.93. The smallest absolute Gasteiger partial charge is 0.254 e. The maximum atomic E-state index is 13.3. The van der Waals surface area contributed by atoms with Gasteiger partial charge in [0, 0.05) is 24.2 Å². The normalized spacial score (nSPS) is 13.7. The highest BCUT2D eigenvalue weighted by molar-refractivity contribution is 6.06. The molecule has 0 unspecified atom stereocenters. The lowest BCUT2D eigenvalue weighted by atomic mass is 10.0. The number of amides is 3. The van der Waals surface area contributed by atoms with Crippen LogP contribution in [0.5, 0.6) is 0 Å². The standard InChI is InChI=1S/C26H23FN6O3/c1-28-23(34)15-30-24(35)16-3-2-4-17(11-16)26(9-10-26)32-25(36)21-12-29-14-22-20(21)13-31-33(22)19-7-5-18(27)6-8-19/h2-8,11-14H,9-10,15H2,1H3,(H,28,34)(H,30,35)(H,32,36). The van der Waals surface area contributed by atoms with Gasteiger partial charge >= 0.3 is 0 Å². The Morgan fingerprint density at radius 2 is 1.81 bits per heavy atom. The Hall–Kier alpha value is -4.60. The van der Waals surface area contributed by atoms with Gasteiger partial charge in [-0.3, -0.25) is 19.4 Å². The van der Waals surface area contributed by atoms with E-state index in [1.165, 1.54) is 25.4 Å². The number of nitrogens with zero attached hydrogens (tertiary/aromatic N) is 3. The molecular formula is C26H23FN6O3. The quantitative estimate of drug-likeness (QED) is 0.371. The lowest BCUT2D eigenvalue weighted by Gasteiger charge is -2.19. The number of carbonyl (C=O) groups is 3. The monoisotopic (exact) mass is 486 g/mol. The van der Waals surface area contributed by atoms with Gasteiger partial charge in [-0.05, 0) is 54.8 Å². The van der Waals surface area contributed by atoms with Crippen molar-refractivity contribution in [2.45, 2.75) is 18.4 Å². The van der Waals surface area contributed by atoms with Gasteiger partial charge in [0.15, 0.2) is 0 Å². The maximum Gasteiger partial charge on any atom is 0.254 e. The van der Waals surface area contributed by atoms with E-state index in [1.54, 1.807) is 47.4 Å². The minimum absolute atomic E-state index is 0.121. The number of aromatic nitrogens is 3. The van der Waals surface area contributed by atoms with Crippen LogP contribution in [0.1, 0.15) is 39.1 Å². The minimum atomic E-state index is -0.594. The van der Waals surface area contributed by atoms with Gasteiger partial charge in [0.25, 0.3) is 11.8 Å². The van der Waals surface area contributed by atoms with E-state index in [1.807, 2.05) is 6.07 Å².